The molecule has 0 aliphatic heterocycles. The first-order chi connectivity index (χ1) is 9.15. The number of rotatable bonds is 2. The normalized spacial score (nSPS) is 11.4. The van der Waals surface area contributed by atoms with E-state index >= 15 is 0 Å². The lowest BCUT2D eigenvalue weighted by molar-refractivity contribution is 0.143. The predicted molar refractivity (Wildman–Crippen MR) is 68.1 cm³/mol. The molecular formula is C14H11F2N3. The van der Waals surface area contributed by atoms with Gasteiger partial charge in [0.15, 0.2) is 5.65 Å². The Labute approximate surface area is 108 Å². The van der Waals surface area contributed by atoms with Gasteiger partial charge < -0.3 is 0 Å². The summed E-state index contributed by atoms with van der Waals surface area (Å²) in [6, 6.07) is 10.6. The van der Waals surface area contributed by atoms with E-state index in [-0.39, 0.29) is 5.69 Å². The third-order valence-electron chi connectivity index (χ3n) is 2.96. The fraction of sp³-hybridized carbons (Fsp3) is 0.143. The quantitative estimate of drug-likeness (QED) is 0.703. The van der Waals surface area contributed by atoms with Crippen LogP contribution in [-0.2, 0) is 0 Å². The maximum absolute atomic E-state index is 13.0. The molecule has 0 N–H and O–H groups in total. The lowest BCUT2D eigenvalue weighted by Crippen LogP contribution is -2.02. The minimum absolute atomic E-state index is 0.148. The second-order valence-corrected chi connectivity index (χ2v) is 4.33. The number of aryl methyl sites for hydroxylation is 1. The summed E-state index contributed by atoms with van der Waals surface area (Å²) >= 11 is 0. The molecule has 3 aromatic rings. The lowest BCUT2D eigenvalue weighted by Gasteiger charge is -2.07. The van der Waals surface area contributed by atoms with Gasteiger partial charge in [-0.3, -0.25) is 0 Å². The Bertz CT molecular complexity index is 717. The SMILES string of the molecule is Cc1ccc(-c2cc(C(F)F)n3nccc3n2)cc1. The standard InChI is InChI=1S/C14H11F2N3/c1-9-2-4-10(5-3-9)11-8-12(14(15)16)19-13(18-11)6-7-17-19/h2-8,14H,1H3. The molecule has 3 rings (SSSR count). The summed E-state index contributed by atoms with van der Waals surface area (Å²) in [6.45, 7) is 1.97. The van der Waals surface area contributed by atoms with Gasteiger partial charge in [0.2, 0.25) is 0 Å². The van der Waals surface area contributed by atoms with E-state index in [0.717, 1.165) is 11.1 Å². The van der Waals surface area contributed by atoms with E-state index in [2.05, 4.69) is 10.1 Å². The second-order valence-electron chi connectivity index (χ2n) is 4.33. The summed E-state index contributed by atoms with van der Waals surface area (Å²) in [7, 11) is 0. The van der Waals surface area contributed by atoms with Gasteiger partial charge in [-0.25, -0.2) is 18.3 Å². The number of alkyl halides is 2. The first-order valence-corrected chi connectivity index (χ1v) is 5.85. The van der Waals surface area contributed by atoms with E-state index in [1.807, 2.05) is 31.2 Å². The average Bonchev–Trinajstić information content (AvgIpc) is 2.86. The number of fused-ring (bicyclic) bond motifs is 1. The largest absolute Gasteiger partial charge is 0.280 e. The third-order valence-corrected chi connectivity index (χ3v) is 2.96. The minimum atomic E-state index is -2.59. The summed E-state index contributed by atoms with van der Waals surface area (Å²) in [6.07, 6.45) is -1.12. The second kappa shape index (κ2) is 4.42. The zero-order chi connectivity index (χ0) is 13.4. The molecule has 0 aliphatic rings. The highest BCUT2D eigenvalue weighted by molar-refractivity contribution is 5.62. The molecule has 0 amide bonds. The molecule has 0 bridgehead atoms. The first-order valence-electron chi connectivity index (χ1n) is 5.85. The van der Waals surface area contributed by atoms with Crippen molar-refractivity contribution in [1.29, 1.82) is 0 Å². The van der Waals surface area contributed by atoms with E-state index < -0.39 is 6.43 Å². The van der Waals surface area contributed by atoms with Gasteiger partial charge >= 0.3 is 0 Å². The molecule has 19 heavy (non-hydrogen) atoms. The van der Waals surface area contributed by atoms with Gasteiger partial charge in [-0.15, -0.1) is 0 Å². The third kappa shape index (κ3) is 2.07. The van der Waals surface area contributed by atoms with Gasteiger partial charge in [-0.1, -0.05) is 29.8 Å². The van der Waals surface area contributed by atoms with Crippen molar-refractivity contribution in [3.63, 3.8) is 0 Å². The van der Waals surface area contributed by atoms with Crippen LogP contribution < -0.4 is 0 Å². The van der Waals surface area contributed by atoms with Crippen molar-refractivity contribution < 1.29 is 8.78 Å². The Morgan fingerprint density at radius 1 is 1.11 bits per heavy atom. The smallest absolute Gasteiger partial charge is 0.229 e. The molecule has 2 heterocycles. The highest BCUT2D eigenvalue weighted by Gasteiger charge is 2.15. The van der Waals surface area contributed by atoms with E-state index in [4.69, 9.17) is 0 Å². The molecule has 0 aliphatic carbocycles. The Kier molecular flexibility index (Phi) is 2.74. The minimum Gasteiger partial charge on any atom is -0.229 e. The van der Waals surface area contributed by atoms with Crippen LogP contribution in [0.4, 0.5) is 8.78 Å². The maximum Gasteiger partial charge on any atom is 0.280 e. The molecule has 1 aromatic carbocycles. The van der Waals surface area contributed by atoms with Crippen molar-refractivity contribution in [1.82, 2.24) is 14.6 Å². The number of aromatic nitrogens is 3. The Morgan fingerprint density at radius 3 is 2.53 bits per heavy atom. The number of benzene rings is 1. The molecule has 0 saturated carbocycles. The zero-order valence-electron chi connectivity index (χ0n) is 10.2. The number of nitrogens with zero attached hydrogens (tertiary/aromatic N) is 3. The van der Waals surface area contributed by atoms with Crippen LogP contribution in [0.1, 0.15) is 17.7 Å². The van der Waals surface area contributed by atoms with Crippen LogP contribution in [-0.4, -0.2) is 14.6 Å². The van der Waals surface area contributed by atoms with Crippen molar-refractivity contribution in [2.24, 2.45) is 0 Å². The molecule has 0 atom stereocenters. The van der Waals surface area contributed by atoms with Crippen molar-refractivity contribution >= 4 is 5.65 Å². The number of hydrogen-bond donors (Lipinski definition) is 0. The molecule has 3 nitrogen and oxygen atoms in total. The van der Waals surface area contributed by atoms with Crippen molar-refractivity contribution in [2.75, 3.05) is 0 Å². The van der Waals surface area contributed by atoms with E-state index in [1.165, 1.54) is 16.8 Å². The molecule has 96 valence electrons. The molecule has 0 saturated heterocycles. The van der Waals surface area contributed by atoms with Gasteiger partial charge in [0.1, 0.15) is 5.69 Å². The van der Waals surface area contributed by atoms with Gasteiger partial charge in [0, 0.05) is 11.6 Å². The Morgan fingerprint density at radius 2 is 1.84 bits per heavy atom. The number of halogens is 2. The van der Waals surface area contributed by atoms with Gasteiger partial charge in [0.05, 0.1) is 11.9 Å². The lowest BCUT2D eigenvalue weighted by atomic mass is 10.1. The van der Waals surface area contributed by atoms with E-state index in [0.29, 0.717) is 11.3 Å². The van der Waals surface area contributed by atoms with Crippen LogP contribution in [0, 0.1) is 6.92 Å². The fourth-order valence-electron chi connectivity index (χ4n) is 1.96. The highest BCUT2D eigenvalue weighted by Crippen LogP contribution is 2.25. The molecule has 0 unspecified atom stereocenters. The van der Waals surface area contributed by atoms with Crippen LogP contribution >= 0.6 is 0 Å². The van der Waals surface area contributed by atoms with E-state index in [1.54, 1.807) is 6.07 Å². The van der Waals surface area contributed by atoms with Crippen LogP contribution in [0.2, 0.25) is 0 Å². The van der Waals surface area contributed by atoms with Crippen molar-refractivity contribution in [2.45, 2.75) is 13.3 Å². The van der Waals surface area contributed by atoms with Crippen molar-refractivity contribution in [3.05, 3.63) is 53.9 Å². The summed E-state index contributed by atoms with van der Waals surface area (Å²) < 4.78 is 27.3. The number of hydrogen-bond acceptors (Lipinski definition) is 2. The Balaban J connectivity index is 2.21. The first kappa shape index (κ1) is 11.8. The molecule has 0 radical (unpaired) electrons. The Hall–Kier alpha value is -2.30. The van der Waals surface area contributed by atoms with Gasteiger partial charge in [0.25, 0.3) is 6.43 Å². The zero-order valence-corrected chi connectivity index (χ0v) is 10.2. The monoisotopic (exact) mass is 259 g/mol. The van der Waals surface area contributed by atoms with E-state index in [9.17, 15) is 8.78 Å². The van der Waals surface area contributed by atoms with Gasteiger partial charge in [-0.2, -0.15) is 5.10 Å². The fourth-order valence-corrected chi connectivity index (χ4v) is 1.96. The molecule has 5 heteroatoms. The molecular weight excluding hydrogens is 248 g/mol. The van der Waals surface area contributed by atoms with Crippen LogP contribution in [0.3, 0.4) is 0 Å². The summed E-state index contributed by atoms with van der Waals surface area (Å²) in [5, 5.41) is 3.86. The van der Waals surface area contributed by atoms with Crippen LogP contribution in [0.15, 0.2) is 42.6 Å². The predicted octanol–water partition coefficient (Wildman–Crippen LogP) is 3.64. The maximum atomic E-state index is 13.0. The summed E-state index contributed by atoms with van der Waals surface area (Å²) in [4.78, 5) is 4.35. The molecule has 0 spiro atoms. The molecule has 2 aromatic heterocycles. The van der Waals surface area contributed by atoms with Crippen LogP contribution in [0.25, 0.3) is 16.9 Å². The highest BCUT2D eigenvalue weighted by atomic mass is 19.3. The van der Waals surface area contributed by atoms with Gasteiger partial charge in [-0.05, 0) is 13.0 Å². The topological polar surface area (TPSA) is 30.2 Å². The summed E-state index contributed by atoms with van der Waals surface area (Å²) in [5.41, 5.74) is 2.74. The molecule has 0 fully saturated rings. The summed E-state index contributed by atoms with van der Waals surface area (Å²) in [5.74, 6) is 0. The van der Waals surface area contributed by atoms with Crippen molar-refractivity contribution in [3.8, 4) is 11.3 Å². The van der Waals surface area contributed by atoms with Crippen LogP contribution in [0.5, 0.6) is 0 Å². The average molecular weight is 259 g/mol.